The van der Waals surface area contributed by atoms with Gasteiger partial charge in [0.15, 0.2) is 5.96 Å². The summed E-state index contributed by atoms with van der Waals surface area (Å²) in [5.41, 5.74) is 1.08. The molecule has 1 aromatic rings. The van der Waals surface area contributed by atoms with Gasteiger partial charge in [-0.3, -0.25) is 4.99 Å². The van der Waals surface area contributed by atoms with Crippen molar-refractivity contribution < 1.29 is 0 Å². The van der Waals surface area contributed by atoms with E-state index < -0.39 is 0 Å². The fraction of sp³-hybridized carbons (Fsp3) is 0.625. The average Bonchev–Trinajstić information content (AvgIpc) is 2.52. The molecule has 22 heavy (non-hydrogen) atoms. The normalized spacial score (nSPS) is 12.5. The Kier molecular flexibility index (Phi) is 12.6. The first-order valence-corrected chi connectivity index (χ1v) is 8.12. The van der Waals surface area contributed by atoms with Crippen LogP contribution in [0.2, 0.25) is 5.15 Å². The van der Waals surface area contributed by atoms with Gasteiger partial charge in [0, 0.05) is 26.3 Å². The van der Waals surface area contributed by atoms with E-state index >= 15 is 0 Å². The van der Waals surface area contributed by atoms with Crippen molar-refractivity contribution >= 4 is 41.5 Å². The lowest BCUT2D eigenvalue weighted by Gasteiger charge is -2.18. The summed E-state index contributed by atoms with van der Waals surface area (Å²) in [5.74, 6) is 1.54. The van der Waals surface area contributed by atoms with Crippen molar-refractivity contribution in [3.05, 3.63) is 29.0 Å². The van der Waals surface area contributed by atoms with E-state index in [0.717, 1.165) is 18.1 Å². The minimum atomic E-state index is 0. The topological polar surface area (TPSA) is 49.3 Å². The molecule has 0 aliphatic heterocycles. The van der Waals surface area contributed by atoms with Crippen molar-refractivity contribution in [2.45, 2.75) is 46.1 Å². The van der Waals surface area contributed by atoms with Crippen LogP contribution in [0.5, 0.6) is 0 Å². The molecule has 2 N–H and O–H groups in total. The number of nitrogens with zero attached hydrogens (tertiary/aromatic N) is 2. The number of rotatable bonds is 8. The smallest absolute Gasteiger partial charge is 0.191 e. The molecule has 0 saturated heterocycles. The van der Waals surface area contributed by atoms with Crippen LogP contribution in [-0.4, -0.2) is 24.5 Å². The number of unbranched alkanes of at least 4 members (excludes halogenated alkanes) is 1. The second-order valence-corrected chi connectivity index (χ2v) is 5.60. The zero-order valence-electron chi connectivity index (χ0n) is 13.7. The third-order valence-electron chi connectivity index (χ3n) is 3.57. The van der Waals surface area contributed by atoms with Crippen LogP contribution in [0.3, 0.4) is 0 Å². The molecule has 1 heterocycles. The molecule has 0 spiro atoms. The van der Waals surface area contributed by atoms with E-state index in [1.54, 1.807) is 19.3 Å². The molecule has 126 valence electrons. The lowest BCUT2D eigenvalue weighted by Crippen LogP contribution is -2.39. The molecule has 0 saturated carbocycles. The molecule has 0 bridgehead atoms. The standard InChI is InChI=1S/C16H27ClN4.HI/c1-4-6-7-13(5-2)10-20-16(18-3)21-12-14-8-9-15(17)19-11-14;/h8-9,11,13H,4-7,10,12H2,1-3H3,(H2,18,20,21);1H. The summed E-state index contributed by atoms with van der Waals surface area (Å²) in [5, 5.41) is 7.22. The number of aliphatic imine (C=N–C) groups is 1. The summed E-state index contributed by atoms with van der Waals surface area (Å²) < 4.78 is 0. The average molecular weight is 439 g/mol. The van der Waals surface area contributed by atoms with E-state index in [1.807, 2.05) is 6.07 Å². The molecule has 0 fully saturated rings. The SMILES string of the molecule is CCCCC(CC)CNC(=NC)NCc1ccc(Cl)nc1.I. The van der Waals surface area contributed by atoms with Gasteiger partial charge >= 0.3 is 0 Å². The van der Waals surface area contributed by atoms with Gasteiger partial charge in [-0.05, 0) is 24.0 Å². The first-order chi connectivity index (χ1) is 10.2. The molecule has 0 aliphatic rings. The van der Waals surface area contributed by atoms with E-state index in [4.69, 9.17) is 11.6 Å². The van der Waals surface area contributed by atoms with E-state index in [-0.39, 0.29) is 24.0 Å². The van der Waals surface area contributed by atoms with Gasteiger partial charge in [-0.15, -0.1) is 24.0 Å². The molecule has 6 heteroatoms. The molecule has 0 radical (unpaired) electrons. The predicted octanol–water partition coefficient (Wildman–Crippen LogP) is 4.23. The van der Waals surface area contributed by atoms with Crippen molar-refractivity contribution in [1.82, 2.24) is 15.6 Å². The van der Waals surface area contributed by atoms with E-state index in [9.17, 15) is 0 Å². The third kappa shape index (κ3) is 8.78. The van der Waals surface area contributed by atoms with Crippen molar-refractivity contribution in [1.29, 1.82) is 0 Å². The van der Waals surface area contributed by atoms with Gasteiger partial charge in [-0.2, -0.15) is 0 Å². The van der Waals surface area contributed by atoms with Gasteiger partial charge in [0.05, 0.1) is 0 Å². The maximum absolute atomic E-state index is 5.78. The van der Waals surface area contributed by atoms with Gasteiger partial charge in [-0.25, -0.2) is 4.98 Å². The largest absolute Gasteiger partial charge is 0.356 e. The van der Waals surface area contributed by atoms with Crippen molar-refractivity contribution in [2.75, 3.05) is 13.6 Å². The highest BCUT2D eigenvalue weighted by Gasteiger charge is 2.07. The Bertz CT molecular complexity index is 423. The first-order valence-electron chi connectivity index (χ1n) is 7.74. The van der Waals surface area contributed by atoms with E-state index in [0.29, 0.717) is 17.6 Å². The van der Waals surface area contributed by atoms with Crippen LogP contribution in [0.15, 0.2) is 23.3 Å². The van der Waals surface area contributed by atoms with E-state index in [2.05, 4.69) is 34.5 Å². The lowest BCUT2D eigenvalue weighted by atomic mass is 9.99. The van der Waals surface area contributed by atoms with Gasteiger partial charge in [0.25, 0.3) is 0 Å². The minimum Gasteiger partial charge on any atom is -0.356 e. The molecule has 1 aromatic heterocycles. The summed E-state index contributed by atoms with van der Waals surface area (Å²) in [7, 11) is 1.79. The Morgan fingerprint density at radius 3 is 2.64 bits per heavy atom. The molecule has 0 amide bonds. The van der Waals surface area contributed by atoms with Gasteiger partial charge < -0.3 is 10.6 Å². The molecular weight excluding hydrogens is 411 g/mol. The van der Waals surface area contributed by atoms with Crippen molar-refractivity contribution in [3.8, 4) is 0 Å². The van der Waals surface area contributed by atoms with Crippen LogP contribution in [0.1, 0.15) is 45.1 Å². The fourth-order valence-electron chi connectivity index (χ4n) is 2.10. The highest BCUT2D eigenvalue weighted by atomic mass is 127. The maximum atomic E-state index is 5.78. The predicted molar refractivity (Wildman–Crippen MR) is 106 cm³/mol. The van der Waals surface area contributed by atoms with Crippen LogP contribution in [-0.2, 0) is 6.54 Å². The van der Waals surface area contributed by atoms with Gasteiger partial charge in [0.2, 0.25) is 0 Å². The van der Waals surface area contributed by atoms with Gasteiger partial charge in [-0.1, -0.05) is 50.8 Å². The minimum absolute atomic E-state index is 0. The first kappa shape index (κ1) is 21.4. The highest BCUT2D eigenvalue weighted by Crippen LogP contribution is 2.11. The summed E-state index contributed by atoms with van der Waals surface area (Å²) in [6.07, 6.45) is 6.80. The highest BCUT2D eigenvalue weighted by molar-refractivity contribution is 14.0. The van der Waals surface area contributed by atoms with Crippen molar-refractivity contribution in [3.63, 3.8) is 0 Å². The number of hydrogen-bond donors (Lipinski definition) is 2. The second-order valence-electron chi connectivity index (χ2n) is 5.21. The van der Waals surface area contributed by atoms with Crippen LogP contribution in [0, 0.1) is 5.92 Å². The third-order valence-corrected chi connectivity index (χ3v) is 3.80. The fourth-order valence-corrected chi connectivity index (χ4v) is 2.21. The molecular formula is C16H28ClIN4. The number of halogens is 2. The summed E-state index contributed by atoms with van der Waals surface area (Å²) in [6.45, 7) is 6.14. The number of hydrogen-bond acceptors (Lipinski definition) is 2. The Hall–Kier alpha value is -0.560. The number of aromatic nitrogens is 1. The Morgan fingerprint density at radius 2 is 2.09 bits per heavy atom. The molecule has 4 nitrogen and oxygen atoms in total. The number of pyridine rings is 1. The van der Waals surface area contributed by atoms with Gasteiger partial charge in [0.1, 0.15) is 5.15 Å². The lowest BCUT2D eigenvalue weighted by molar-refractivity contribution is 0.443. The Morgan fingerprint density at radius 1 is 1.32 bits per heavy atom. The summed E-state index contributed by atoms with van der Waals surface area (Å²) in [6, 6.07) is 3.76. The van der Waals surface area contributed by atoms with Crippen LogP contribution >= 0.6 is 35.6 Å². The number of guanidine groups is 1. The van der Waals surface area contributed by atoms with Crippen LogP contribution < -0.4 is 10.6 Å². The Labute approximate surface area is 156 Å². The molecule has 0 aliphatic carbocycles. The summed E-state index contributed by atoms with van der Waals surface area (Å²) >= 11 is 5.78. The van der Waals surface area contributed by atoms with E-state index in [1.165, 1.54) is 25.7 Å². The van der Waals surface area contributed by atoms with Crippen molar-refractivity contribution in [2.24, 2.45) is 10.9 Å². The second kappa shape index (κ2) is 12.9. The molecule has 1 rings (SSSR count). The molecule has 0 aromatic carbocycles. The molecule has 1 atom stereocenters. The van der Waals surface area contributed by atoms with Crippen LogP contribution in [0.4, 0.5) is 0 Å². The van der Waals surface area contributed by atoms with Crippen LogP contribution in [0.25, 0.3) is 0 Å². The zero-order chi connectivity index (χ0) is 15.5. The summed E-state index contributed by atoms with van der Waals surface area (Å²) in [4.78, 5) is 8.32. The zero-order valence-corrected chi connectivity index (χ0v) is 16.8. The maximum Gasteiger partial charge on any atom is 0.191 e. The monoisotopic (exact) mass is 438 g/mol. The number of nitrogens with one attached hydrogen (secondary N) is 2. The molecule has 1 unspecified atom stereocenters. The Balaban J connectivity index is 0.00000441. The quantitative estimate of drug-likeness (QED) is 0.276.